The minimum Gasteiger partial charge on any atom is -0.488 e. The Hall–Kier alpha value is -4.17. The van der Waals surface area contributed by atoms with Gasteiger partial charge in [-0.2, -0.15) is 10.5 Å². The summed E-state index contributed by atoms with van der Waals surface area (Å²) in [5, 5.41) is 18.8. The fourth-order valence-electron chi connectivity index (χ4n) is 2.68. The molecule has 8 heteroatoms. The zero-order chi connectivity index (χ0) is 20.3. The smallest absolute Gasteiger partial charge is 0.268 e. The van der Waals surface area contributed by atoms with Crippen LogP contribution >= 0.6 is 0 Å². The average Bonchev–Trinajstić information content (AvgIpc) is 2.67. The lowest BCUT2D eigenvalue weighted by Crippen LogP contribution is -2.16. The van der Waals surface area contributed by atoms with Gasteiger partial charge in [-0.05, 0) is 29.8 Å². The van der Waals surface area contributed by atoms with E-state index in [1.807, 2.05) is 6.07 Å². The number of nitriles is 2. The number of nitrogen functional groups attached to an aromatic ring is 1. The molecular weight excluding hydrogens is 366 g/mol. The maximum atomic E-state index is 13.8. The Morgan fingerprint density at radius 1 is 1.00 bits per heavy atom. The number of H-pyrrole nitrogens is 1. The highest BCUT2D eigenvalue weighted by Crippen LogP contribution is 2.36. The van der Waals surface area contributed by atoms with Crippen LogP contribution in [0, 0.1) is 34.3 Å². The van der Waals surface area contributed by atoms with Crippen molar-refractivity contribution in [2.75, 3.05) is 5.73 Å². The van der Waals surface area contributed by atoms with Crippen molar-refractivity contribution in [1.29, 1.82) is 10.5 Å². The molecule has 0 aliphatic carbocycles. The molecule has 0 aliphatic heterocycles. The molecule has 3 aromatic rings. The number of pyridine rings is 1. The average molecular weight is 378 g/mol. The molecule has 2 aromatic carbocycles. The van der Waals surface area contributed by atoms with Crippen molar-refractivity contribution < 1.29 is 13.5 Å². The summed E-state index contributed by atoms with van der Waals surface area (Å²) >= 11 is 0. The Balaban J connectivity index is 2.14. The Kier molecular flexibility index (Phi) is 5.05. The number of anilines is 1. The molecule has 0 spiro atoms. The minimum absolute atomic E-state index is 0.00215. The lowest BCUT2D eigenvalue weighted by atomic mass is 9.96. The zero-order valence-corrected chi connectivity index (χ0v) is 14.3. The molecule has 3 rings (SSSR count). The Morgan fingerprint density at radius 3 is 2.29 bits per heavy atom. The molecule has 0 aliphatic rings. The van der Waals surface area contributed by atoms with E-state index in [2.05, 4.69) is 4.98 Å². The van der Waals surface area contributed by atoms with Crippen LogP contribution in [0.3, 0.4) is 0 Å². The molecule has 3 N–H and O–H groups in total. The van der Waals surface area contributed by atoms with Gasteiger partial charge in [-0.25, -0.2) is 8.78 Å². The molecule has 1 aromatic heterocycles. The molecule has 0 saturated carbocycles. The predicted octanol–water partition coefficient (Wildman–Crippen LogP) is 3.22. The highest BCUT2D eigenvalue weighted by atomic mass is 19.1. The summed E-state index contributed by atoms with van der Waals surface area (Å²) in [4.78, 5) is 14.3. The number of rotatable bonds is 4. The van der Waals surface area contributed by atoms with Crippen molar-refractivity contribution >= 4 is 5.82 Å². The summed E-state index contributed by atoms with van der Waals surface area (Å²) in [6, 6.07) is 12.6. The molecule has 28 heavy (non-hydrogen) atoms. The quantitative estimate of drug-likeness (QED) is 0.723. The van der Waals surface area contributed by atoms with Crippen LogP contribution in [0.4, 0.5) is 14.6 Å². The molecule has 0 saturated heterocycles. The van der Waals surface area contributed by atoms with Crippen molar-refractivity contribution in [2.24, 2.45) is 0 Å². The van der Waals surface area contributed by atoms with Gasteiger partial charge in [0.15, 0.2) is 0 Å². The fraction of sp³-hybridized carbons (Fsp3) is 0.0500. The van der Waals surface area contributed by atoms with E-state index in [1.165, 1.54) is 30.3 Å². The summed E-state index contributed by atoms with van der Waals surface area (Å²) in [5.41, 5.74) is 5.20. The normalized spacial score (nSPS) is 10.1. The zero-order valence-electron chi connectivity index (χ0n) is 14.3. The van der Waals surface area contributed by atoms with Gasteiger partial charge < -0.3 is 15.5 Å². The van der Waals surface area contributed by atoms with Gasteiger partial charge >= 0.3 is 0 Å². The third-order valence-electron chi connectivity index (χ3n) is 3.99. The van der Waals surface area contributed by atoms with Crippen molar-refractivity contribution in [3.05, 3.63) is 81.1 Å². The third kappa shape index (κ3) is 3.53. The van der Waals surface area contributed by atoms with Crippen LogP contribution in [0.25, 0.3) is 11.1 Å². The molecule has 6 nitrogen and oxygen atoms in total. The lowest BCUT2D eigenvalue weighted by molar-refractivity contribution is 0.306. The van der Waals surface area contributed by atoms with Gasteiger partial charge in [0.05, 0.1) is 0 Å². The van der Waals surface area contributed by atoms with E-state index >= 15 is 0 Å². The van der Waals surface area contributed by atoms with E-state index < -0.39 is 17.2 Å². The number of aromatic nitrogens is 1. The SMILES string of the molecule is N#Cc1c(N)[nH]c(=O)c(C#N)c1-c1ccc(F)cc1OCc1ccc(F)cc1. The van der Waals surface area contributed by atoms with Gasteiger partial charge in [-0.3, -0.25) is 4.79 Å². The van der Waals surface area contributed by atoms with Gasteiger partial charge in [-0.15, -0.1) is 0 Å². The summed E-state index contributed by atoms with van der Waals surface area (Å²) in [5.74, 6) is -1.24. The second kappa shape index (κ2) is 7.60. The molecule has 0 radical (unpaired) electrons. The summed E-state index contributed by atoms with van der Waals surface area (Å²) < 4.78 is 32.5. The first-order chi connectivity index (χ1) is 13.4. The third-order valence-corrected chi connectivity index (χ3v) is 3.99. The van der Waals surface area contributed by atoms with Crippen LogP contribution in [0.15, 0.2) is 47.3 Å². The summed E-state index contributed by atoms with van der Waals surface area (Å²) in [7, 11) is 0. The summed E-state index contributed by atoms with van der Waals surface area (Å²) in [6.45, 7) is -0.0286. The van der Waals surface area contributed by atoms with Crippen LogP contribution < -0.4 is 16.0 Å². The number of aromatic amines is 1. The number of nitrogens with zero attached hydrogens (tertiary/aromatic N) is 2. The molecule has 0 bridgehead atoms. The van der Waals surface area contributed by atoms with Crippen molar-refractivity contribution in [2.45, 2.75) is 6.61 Å². The molecular formula is C20H12F2N4O2. The predicted molar refractivity (Wildman–Crippen MR) is 97.0 cm³/mol. The maximum absolute atomic E-state index is 13.8. The number of hydrogen-bond acceptors (Lipinski definition) is 5. The number of nitrogens with one attached hydrogen (secondary N) is 1. The van der Waals surface area contributed by atoms with E-state index in [1.54, 1.807) is 6.07 Å². The van der Waals surface area contributed by atoms with Gasteiger partial charge in [0.25, 0.3) is 5.56 Å². The molecule has 1 heterocycles. The van der Waals surface area contributed by atoms with Crippen LogP contribution in [-0.4, -0.2) is 4.98 Å². The number of hydrogen-bond donors (Lipinski definition) is 2. The Bertz CT molecular complexity index is 1190. The highest BCUT2D eigenvalue weighted by Gasteiger charge is 2.21. The second-order valence-corrected chi connectivity index (χ2v) is 5.77. The summed E-state index contributed by atoms with van der Waals surface area (Å²) in [6.07, 6.45) is 0. The Morgan fingerprint density at radius 2 is 1.64 bits per heavy atom. The van der Waals surface area contributed by atoms with E-state index in [0.717, 1.165) is 12.1 Å². The first kappa shape index (κ1) is 18.6. The standard InChI is InChI=1S/C20H12F2N4O2/c21-12-3-1-11(2-4-12)10-28-17-7-13(22)5-6-14(17)18-15(8-23)19(25)26-20(27)16(18)9-24/h1-7H,10H2,(H3,25,26,27). The van der Waals surface area contributed by atoms with Crippen molar-refractivity contribution in [3.8, 4) is 29.0 Å². The highest BCUT2D eigenvalue weighted by molar-refractivity contribution is 5.83. The van der Waals surface area contributed by atoms with Crippen LogP contribution in [0.2, 0.25) is 0 Å². The maximum Gasteiger partial charge on any atom is 0.268 e. The Labute approximate surface area is 158 Å². The lowest BCUT2D eigenvalue weighted by Gasteiger charge is -2.14. The van der Waals surface area contributed by atoms with E-state index in [0.29, 0.717) is 5.56 Å². The molecule has 0 amide bonds. The van der Waals surface area contributed by atoms with Gasteiger partial charge in [-0.1, -0.05) is 12.1 Å². The van der Waals surface area contributed by atoms with Crippen molar-refractivity contribution in [3.63, 3.8) is 0 Å². The fourth-order valence-corrected chi connectivity index (χ4v) is 2.68. The number of benzene rings is 2. The van der Waals surface area contributed by atoms with Gasteiger partial charge in [0.1, 0.15) is 53.1 Å². The minimum atomic E-state index is -0.775. The number of nitrogens with two attached hydrogens (primary N) is 1. The number of ether oxygens (including phenoxy) is 1. The number of halogens is 2. The molecule has 138 valence electrons. The molecule has 0 fully saturated rings. The van der Waals surface area contributed by atoms with Crippen molar-refractivity contribution in [1.82, 2.24) is 4.98 Å². The van der Waals surface area contributed by atoms with E-state index in [4.69, 9.17) is 10.5 Å². The first-order valence-electron chi connectivity index (χ1n) is 7.97. The monoisotopic (exact) mass is 378 g/mol. The first-order valence-corrected chi connectivity index (χ1v) is 7.97. The van der Waals surface area contributed by atoms with Crippen LogP contribution in [0.1, 0.15) is 16.7 Å². The topological polar surface area (TPSA) is 116 Å². The van der Waals surface area contributed by atoms with E-state index in [9.17, 15) is 24.1 Å². The van der Waals surface area contributed by atoms with Gasteiger partial charge in [0, 0.05) is 17.2 Å². The largest absolute Gasteiger partial charge is 0.488 e. The van der Waals surface area contributed by atoms with E-state index in [-0.39, 0.29) is 40.4 Å². The molecule has 0 atom stereocenters. The second-order valence-electron chi connectivity index (χ2n) is 5.77. The van der Waals surface area contributed by atoms with Crippen LogP contribution in [0.5, 0.6) is 5.75 Å². The molecule has 0 unspecified atom stereocenters. The van der Waals surface area contributed by atoms with Crippen LogP contribution in [-0.2, 0) is 6.61 Å². The van der Waals surface area contributed by atoms with Gasteiger partial charge in [0.2, 0.25) is 0 Å².